The molecule has 0 aliphatic carbocycles. The van der Waals surface area contributed by atoms with Crippen LogP contribution >= 0.6 is 0 Å². The Kier molecular flexibility index (Phi) is 12.5. The Morgan fingerprint density at radius 2 is 0.919 bits per heavy atom. The summed E-state index contributed by atoms with van der Waals surface area (Å²) in [7, 11) is 0. The van der Waals surface area contributed by atoms with Gasteiger partial charge >= 0.3 is 234 Å². The molecular formula is C27H41F4N3Sn3. The first kappa shape index (κ1) is 34.2. The van der Waals surface area contributed by atoms with Gasteiger partial charge in [0, 0.05) is 0 Å². The molecule has 3 nitrogen and oxygen atoms in total. The molecule has 6 N–H and O–H groups in total. The third kappa shape index (κ3) is 10.3. The van der Waals surface area contributed by atoms with Gasteiger partial charge in [0.15, 0.2) is 0 Å². The predicted octanol–water partition coefficient (Wildman–Crippen LogP) is 6.00. The number of rotatable bonds is 3. The van der Waals surface area contributed by atoms with Crippen LogP contribution in [-0.2, 0) is 0 Å². The van der Waals surface area contributed by atoms with E-state index in [4.69, 9.17) is 17.2 Å². The van der Waals surface area contributed by atoms with Crippen molar-refractivity contribution >= 4 is 82.9 Å². The van der Waals surface area contributed by atoms with Gasteiger partial charge in [-0.3, -0.25) is 0 Å². The third-order valence-corrected chi connectivity index (χ3v) is 22.8. The Morgan fingerprint density at radius 3 is 1.24 bits per heavy atom. The second-order valence-corrected chi connectivity index (χ2v) is 55.3. The first-order chi connectivity index (χ1) is 16.7. The van der Waals surface area contributed by atoms with Crippen molar-refractivity contribution < 1.29 is 17.6 Å². The van der Waals surface area contributed by atoms with Crippen LogP contribution in [0.2, 0.25) is 44.5 Å². The fourth-order valence-electron chi connectivity index (χ4n) is 3.30. The van der Waals surface area contributed by atoms with Crippen molar-refractivity contribution in [1.29, 1.82) is 0 Å². The summed E-state index contributed by atoms with van der Waals surface area (Å²) in [6, 6.07) is 16.7. The van der Waals surface area contributed by atoms with Gasteiger partial charge in [0.1, 0.15) is 0 Å². The average molecular weight is 840 g/mol. The van der Waals surface area contributed by atoms with Gasteiger partial charge in [-0.05, 0) is 0 Å². The van der Waals surface area contributed by atoms with Gasteiger partial charge in [-0.15, -0.1) is 0 Å². The molecule has 0 unspecified atom stereocenters. The number of anilines is 3. The molecule has 0 fully saturated rings. The van der Waals surface area contributed by atoms with Crippen molar-refractivity contribution in [2.75, 3.05) is 17.2 Å². The molecule has 204 valence electrons. The Morgan fingerprint density at radius 1 is 0.486 bits per heavy atom. The van der Waals surface area contributed by atoms with Crippen LogP contribution in [0.25, 0.3) is 0 Å². The van der Waals surface area contributed by atoms with E-state index < -0.39 is 87.7 Å². The molecule has 0 heterocycles. The van der Waals surface area contributed by atoms with Crippen molar-refractivity contribution in [1.82, 2.24) is 0 Å². The van der Waals surface area contributed by atoms with Gasteiger partial charge in [0.25, 0.3) is 0 Å². The Hall–Kier alpha value is -0.824. The van der Waals surface area contributed by atoms with E-state index in [1.165, 1.54) is 7.16 Å². The van der Waals surface area contributed by atoms with Crippen LogP contribution in [0.4, 0.5) is 34.6 Å². The second kappa shape index (κ2) is 13.5. The van der Waals surface area contributed by atoms with Crippen LogP contribution < -0.4 is 27.9 Å². The van der Waals surface area contributed by atoms with E-state index in [9.17, 15) is 17.6 Å². The van der Waals surface area contributed by atoms with Crippen molar-refractivity contribution in [2.24, 2.45) is 0 Å². The second-order valence-electron chi connectivity index (χ2n) is 12.0. The summed E-state index contributed by atoms with van der Waals surface area (Å²) in [5, 5.41) is 0. The van der Waals surface area contributed by atoms with Crippen LogP contribution in [0.1, 0.15) is 0 Å². The minimum atomic E-state index is -3.24. The van der Waals surface area contributed by atoms with Gasteiger partial charge in [0.05, 0.1) is 0 Å². The van der Waals surface area contributed by atoms with Gasteiger partial charge in [0.2, 0.25) is 0 Å². The average Bonchev–Trinajstić information content (AvgIpc) is 2.75. The molecule has 0 saturated carbocycles. The molecule has 0 aliphatic heterocycles. The first-order valence-electron chi connectivity index (χ1n) is 12.0. The molecule has 0 aliphatic rings. The summed E-state index contributed by atoms with van der Waals surface area (Å²) in [6.07, 6.45) is 0. The fraction of sp³-hybridized carbons (Fsp3) is 0.333. The summed E-state index contributed by atoms with van der Waals surface area (Å²) >= 11 is -6.87. The van der Waals surface area contributed by atoms with Gasteiger partial charge in [-0.1, -0.05) is 0 Å². The molecule has 0 spiro atoms. The molecule has 0 radical (unpaired) electrons. The summed E-state index contributed by atoms with van der Waals surface area (Å²) in [6.45, 7) is 0. The maximum atomic E-state index is 13.4. The Labute approximate surface area is 231 Å². The summed E-state index contributed by atoms with van der Waals surface area (Å²) in [5.41, 5.74) is 16.8. The topological polar surface area (TPSA) is 78.1 Å². The monoisotopic (exact) mass is 843 g/mol. The number of hydrogen-bond donors (Lipinski definition) is 3. The molecule has 0 bridgehead atoms. The maximum absolute atomic E-state index is 13.4. The van der Waals surface area contributed by atoms with Crippen molar-refractivity contribution in [3.63, 3.8) is 0 Å². The van der Waals surface area contributed by atoms with E-state index in [0.717, 1.165) is 11.4 Å². The van der Waals surface area contributed by atoms with E-state index >= 15 is 0 Å². The van der Waals surface area contributed by atoms with E-state index in [-0.39, 0.29) is 0 Å². The van der Waals surface area contributed by atoms with Crippen molar-refractivity contribution in [2.45, 2.75) is 44.5 Å². The molecule has 0 amide bonds. The van der Waals surface area contributed by atoms with Crippen LogP contribution in [0, 0.1) is 23.3 Å². The molecule has 0 saturated heterocycles. The van der Waals surface area contributed by atoms with Crippen LogP contribution in [0.15, 0.2) is 48.5 Å². The zero-order chi connectivity index (χ0) is 28.9. The zero-order valence-corrected chi connectivity index (χ0v) is 31.9. The van der Waals surface area contributed by atoms with Crippen LogP contribution in [0.3, 0.4) is 0 Å². The molecule has 3 rings (SSSR count). The van der Waals surface area contributed by atoms with E-state index in [1.807, 2.05) is 24.3 Å². The predicted molar refractivity (Wildman–Crippen MR) is 161 cm³/mol. The van der Waals surface area contributed by atoms with Gasteiger partial charge in [-0.25, -0.2) is 0 Å². The first-order valence-corrected chi connectivity index (χ1v) is 42.0. The van der Waals surface area contributed by atoms with E-state index in [0.29, 0.717) is 0 Å². The summed E-state index contributed by atoms with van der Waals surface area (Å²) < 4.78 is 55.6. The molecule has 3 aromatic rings. The van der Waals surface area contributed by atoms with E-state index in [1.54, 1.807) is 14.8 Å². The molecule has 37 heavy (non-hydrogen) atoms. The summed E-state index contributed by atoms with van der Waals surface area (Å²) in [5.74, 6) is -5.66. The fourth-order valence-corrected chi connectivity index (χ4v) is 14.4. The summed E-state index contributed by atoms with van der Waals surface area (Å²) in [4.78, 5) is 19.4. The van der Waals surface area contributed by atoms with Gasteiger partial charge in [-0.2, -0.15) is 0 Å². The quantitative estimate of drug-likeness (QED) is 0.131. The standard InChI is InChI=1S/C6H2F4N.2C6H6N.9CH3.3Sn/c7-2-1-3(8)5(10)6(11)4(2)9;2*7-6-4-2-1-3-5-6;;;;;;;;;;;;/h11H2;2-5H,7H2;1-2,4-5H,7H2;9*1H3;;;. The molecular weight excluding hydrogens is 798 g/mol. The van der Waals surface area contributed by atoms with Crippen LogP contribution in [-0.4, -0.2) is 55.1 Å². The van der Waals surface area contributed by atoms with Gasteiger partial charge < -0.3 is 0 Å². The number of benzene rings is 3. The Balaban J connectivity index is 0.000000283. The molecule has 3 aromatic carbocycles. The number of nitrogen functional groups attached to an aromatic ring is 3. The molecule has 0 aromatic heterocycles. The number of hydrogen-bond acceptors (Lipinski definition) is 3. The van der Waals surface area contributed by atoms with Crippen molar-refractivity contribution in [3.05, 3.63) is 71.8 Å². The van der Waals surface area contributed by atoms with Crippen molar-refractivity contribution in [3.8, 4) is 0 Å². The molecule has 10 heteroatoms. The number of nitrogens with two attached hydrogens (primary N) is 3. The number of halogens is 4. The third-order valence-electron chi connectivity index (χ3n) is 5.58. The van der Waals surface area contributed by atoms with E-state index in [2.05, 4.69) is 53.9 Å². The Bertz CT molecular complexity index is 1170. The SMILES string of the molecule is [CH3][Sn]([CH3])([CH3])[c]1c(F)c(F)c(N)c(F)c1F.[CH3][Sn]([CH3])([CH3])[c]1ccc(N)cc1.[CH3][Sn]([CH3])([CH3])[c]1cccc(N)c1. The van der Waals surface area contributed by atoms with Crippen LogP contribution in [0.5, 0.6) is 0 Å². The minimum absolute atomic E-state index is 0.423. The normalized spacial score (nSPS) is 11.7. The molecule has 0 atom stereocenters. The zero-order valence-electron chi connectivity index (χ0n) is 23.4.